The Labute approximate surface area is 117 Å². The van der Waals surface area contributed by atoms with Crippen LogP contribution in [0.4, 0.5) is 17.6 Å². The number of halogens is 5. The molecule has 1 atom stereocenters. The van der Waals surface area contributed by atoms with Crippen LogP contribution in [0.15, 0.2) is 22.7 Å². The molecule has 0 aliphatic heterocycles. The number of hydrogen-bond acceptors (Lipinski definition) is 2. The van der Waals surface area contributed by atoms with Crippen molar-refractivity contribution in [2.24, 2.45) is 0 Å². The van der Waals surface area contributed by atoms with Crippen LogP contribution in [0.3, 0.4) is 0 Å². The Balaban J connectivity index is 2.68. The third-order valence-electron chi connectivity index (χ3n) is 2.64. The first-order valence-electron chi connectivity index (χ1n) is 5.50. The summed E-state index contributed by atoms with van der Waals surface area (Å²) in [5, 5.41) is 2.39. The number of methoxy groups -OCH3 is 1. The minimum Gasteiger partial charge on any atom is -0.496 e. The van der Waals surface area contributed by atoms with Crippen LogP contribution in [0.5, 0.6) is 5.75 Å². The van der Waals surface area contributed by atoms with Crippen LogP contribution in [-0.4, -0.2) is 26.0 Å². The molecule has 1 unspecified atom stereocenters. The lowest BCUT2D eigenvalue weighted by molar-refractivity contribution is -0.126. The second kappa shape index (κ2) is 6.56. The van der Waals surface area contributed by atoms with Crippen molar-refractivity contribution in [2.45, 2.75) is 25.3 Å². The number of hydrogen-bond donors (Lipinski definition) is 1. The van der Waals surface area contributed by atoms with Gasteiger partial charge in [-0.05, 0) is 40.5 Å². The van der Waals surface area contributed by atoms with E-state index in [0.29, 0.717) is 15.8 Å². The molecular formula is C12H14BrF4NO. The van der Waals surface area contributed by atoms with Gasteiger partial charge in [-0.2, -0.15) is 8.78 Å². The van der Waals surface area contributed by atoms with Gasteiger partial charge in [0.05, 0.1) is 18.1 Å². The van der Waals surface area contributed by atoms with E-state index in [9.17, 15) is 17.6 Å². The van der Waals surface area contributed by atoms with E-state index in [0.717, 1.165) is 0 Å². The number of rotatable bonds is 6. The van der Waals surface area contributed by atoms with Gasteiger partial charge in [0.15, 0.2) is 0 Å². The maximum Gasteiger partial charge on any atom is 0.319 e. The lowest BCUT2D eigenvalue weighted by Crippen LogP contribution is -2.39. The van der Waals surface area contributed by atoms with Crippen molar-refractivity contribution in [3.8, 4) is 5.75 Å². The van der Waals surface area contributed by atoms with Crippen molar-refractivity contribution in [1.82, 2.24) is 5.32 Å². The average molecular weight is 344 g/mol. The zero-order valence-electron chi connectivity index (χ0n) is 10.4. The fraction of sp³-hybridized carbons (Fsp3) is 0.500. The standard InChI is InChI=1S/C12H14BrF4NO/c1-7(18-6-12(16,17)11(14)15)8-3-4-10(19-2)9(13)5-8/h3-5,7,11,18H,6H2,1-2H3. The van der Waals surface area contributed by atoms with Gasteiger partial charge in [0, 0.05) is 6.04 Å². The summed E-state index contributed by atoms with van der Waals surface area (Å²) in [6, 6.07) is 4.56. The van der Waals surface area contributed by atoms with Gasteiger partial charge in [0.2, 0.25) is 0 Å². The Morgan fingerprint density at radius 1 is 1.37 bits per heavy atom. The molecule has 1 N–H and O–H groups in total. The van der Waals surface area contributed by atoms with Crippen molar-refractivity contribution < 1.29 is 22.3 Å². The Hall–Kier alpha value is -0.820. The molecule has 19 heavy (non-hydrogen) atoms. The van der Waals surface area contributed by atoms with E-state index in [2.05, 4.69) is 21.2 Å². The average Bonchev–Trinajstić information content (AvgIpc) is 2.35. The molecule has 0 aliphatic carbocycles. The zero-order valence-corrected chi connectivity index (χ0v) is 12.0. The van der Waals surface area contributed by atoms with Crippen molar-refractivity contribution in [2.75, 3.05) is 13.7 Å². The summed E-state index contributed by atoms with van der Waals surface area (Å²) in [4.78, 5) is 0. The van der Waals surface area contributed by atoms with Gasteiger partial charge in [-0.15, -0.1) is 0 Å². The summed E-state index contributed by atoms with van der Waals surface area (Å²) in [6.45, 7) is 0.547. The molecule has 0 radical (unpaired) electrons. The summed E-state index contributed by atoms with van der Waals surface area (Å²) >= 11 is 3.27. The van der Waals surface area contributed by atoms with Gasteiger partial charge in [-0.25, -0.2) is 8.78 Å². The van der Waals surface area contributed by atoms with Gasteiger partial charge < -0.3 is 10.1 Å². The summed E-state index contributed by atoms with van der Waals surface area (Å²) in [5.74, 6) is -3.42. The molecule has 1 aromatic rings. The molecule has 108 valence electrons. The summed E-state index contributed by atoms with van der Waals surface area (Å²) in [6.07, 6.45) is -3.67. The lowest BCUT2D eigenvalue weighted by Gasteiger charge is -2.20. The third-order valence-corrected chi connectivity index (χ3v) is 3.26. The highest BCUT2D eigenvalue weighted by Crippen LogP contribution is 2.28. The van der Waals surface area contributed by atoms with E-state index in [-0.39, 0.29) is 0 Å². The highest BCUT2D eigenvalue weighted by atomic mass is 79.9. The first-order valence-corrected chi connectivity index (χ1v) is 6.30. The van der Waals surface area contributed by atoms with E-state index in [1.165, 1.54) is 7.11 Å². The smallest absolute Gasteiger partial charge is 0.319 e. The third kappa shape index (κ3) is 4.35. The monoisotopic (exact) mass is 343 g/mol. The summed E-state index contributed by atoms with van der Waals surface area (Å²) in [5.41, 5.74) is 0.692. The largest absolute Gasteiger partial charge is 0.496 e. The molecule has 0 bridgehead atoms. The molecule has 0 heterocycles. The van der Waals surface area contributed by atoms with Crippen LogP contribution in [0, 0.1) is 0 Å². The topological polar surface area (TPSA) is 21.3 Å². The summed E-state index contributed by atoms with van der Waals surface area (Å²) in [7, 11) is 1.50. The zero-order chi connectivity index (χ0) is 14.6. The number of nitrogens with one attached hydrogen (secondary N) is 1. The predicted molar refractivity (Wildman–Crippen MR) is 68.1 cm³/mol. The van der Waals surface area contributed by atoms with E-state index in [1.807, 2.05) is 0 Å². The minimum absolute atomic E-state index is 0.480. The number of alkyl halides is 4. The highest BCUT2D eigenvalue weighted by molar-refractivity contribution is 9.10. The quantitative estimate of drug-likeness (QED) is 0.788. The predicted octanol–water partition coefficient (Wildman–Crippen LogP) is 4.01. The van der Waals surface area contributed by atoms with Crippen LogP contribution in [0.1, 0.15) is 18.5 Å². The maximum absolute atomic E-state index is 12.8. The molecule has 0 aromatic heterocycles. The molecule has 7 heteroatoms. The minimum atomic E-state index is -4.03. The molecule has 0 amide bonds. The SMILES string of the molecule is COc1ccc(C(C)NCC(F)(F)C(F)F)cc1Br. The second-order valence-corrected chi connectivity index (χ2v) is 4.91. The Morgan fingerprint density at radius 2 is 2.00 bits per heavy atom. The van der Waals surface area contributed by atoms with Crippen LogP contribution >= 0.6 is 15.9 Å². The Morgan fingerprint density at radius 3 is 2.47 bits per heavy atom. The highest BCUT2D eigenvalue weighted by Gasteiger charge is 2.40. The molecular weight excluding hydrogens is 330 g/mol. The van der Waals surface area contributed by atoms with E-state index in [1.54, 1.807) is 25.1 Å². The van der Waals surface area contributed by atoms with Crippen LogP contribution in [-0.2, 0) is 0 Å². The van der Waals surface area contributed by atoms with Crippen molar-refractivity contribution >= 4 is 15.9 Å². The molecule has 0 saturated carbocycles. The molecule has 1 aromatic carbocycles. The van der Waals surface area contributed by atoms with Crippen LogP contribution < -0.4 is 10.1 Å². The Kier molecular flexibility index (Phi) is 5.61. The first-order chi connectivity index (χ1) is 8.77. The van der Waals surface area contributed by atoms with Crippen LogP contribution in [0.2, 0.25) is 0 Å². The van der Waals surface area contributed by atoms with Gasteiger partial charge in [0.25, 0.3) is 0 Å². The van der Waals surface area contributed by atoms with E-state index in [4.69, 9.17) is 4.74 Å². The number of benzene rings is 1. The number of ether oxygens (including phenoxy) is 1. The van der Waals surface area contributed by atoms with Crippen LogP contribution in [0.25, 0.3) is 0 Å². The van der Waals surface area contributed by atoms with Gasteiger partial charge in [-0.3, -0.25) is 0 Å². The molecule has 0 spiro atoms. The van der Waals surface area contributed by atoms with Gasteiger partial charge in [0.1, 0.15) is 5.75 Å². The molecule has 0 aliphatic rings. The molecule has 0 saturated heterocycles. The first kappa shape index (κ1) is 16.2. The lowest BCUT2D eigenvalue weighted by atomic mass is 10.1. The fourth-order valence-electron chi connectivity index (χ4n) is 1.44. The maximum atomic E-state index is 12.8. The van der Waals surface area contributed by atoms with E-state index >= 15 is 0 Å². The van der Waals surface area contributed by atoms with Gasteiger partial charge >= 0.3 is 12.3 Å². The van der Waals surface area contributed by atoms with E-state index < -0.39 is 24.9 Å². The fourth-order valence-corrected chi connectivity index (χ4v) is 1.99. The summed E-state index contributed by atoms with van der Waals surface area (Å²) < 4.78 is 55.3. The van der Waals surface area contributed by atoms with Crippen molar-refractivity contribution in [3.05, 3.63) is 28.2 Å². The molecule has 1 rings (SSSR count). The molecule has 0 fully saturated rings. The van der Waals surface area contributed by atoms with Crippen molar-refractivity contribution in [1.29, 1.82) is 0 Å². The Bertz CT molecular complexity index is 428. The normalized spacial score (nSPS) is 13.7. The second-order valence-electron chi connectivity index (χ2n) is 4.06. The van der Waals surface area contributed by atoms with Crippen molar-refractivity contribution in [3.63, 3.8) is 0 Å². The molecule has 2 nitrogen and oxygen atoms in total. The van der Waals surface area contributed by atoms with Gasteiger partial charge in [-0.1, -0.05) is 6.07 Å².